The van der Waals surface area contributed by atoms with Gasteiger partial charge in [-0.2, -0.15) is 13.2 Å². The minimum absolute atomic E-state index is 0.0392. The summed E-state index contributed by atoms with van der Waals surface area (Å²) in [6, 6.07) is 11.8. The standard InChI is InChI=1S/C18H18F3N5/c19-18(20,21)14-7-3-1-5-12(14)11(10-22)9-16(24)26-17(25)13-6-2-4-8-15(13)23/h1-10H,22-24H2,(H2,25,26)/b11-10+,16-9+. The van der Waals surface area contributed by atoms with Gasteiger partial charge >= 0.3 is 6.18 Å². The van der Waals surface area contributed by atoms with Crippen LogP contribution in [-0.2, 0) is 6.18 Å². The molecule has 0 unspecified atom stereocenters. The fourth-order valence-corrected chi connectivity index (χ4v) is 2.32. The van der Waals surface area contributed by atoms with E-state index in [-0.39, 0.29) is 22.8 Å². The smallest absolute Gasteiger partial charge is 0.404 e. The number of nitrogens with zero attached hydrogens (tertiary/aromatic N) is 1. The molecule has 0 aliphatic heterocycles. The fourth-order valence-electron chi connectivity index (χ4n) is 2.32. The zero-order chi connectivity index (χ0) is 19.3. The van der Waals surface area contributed by atoms with E-state index in [4.69, 9.17) is 22.9 Å². The van der Waals surface area contributed by atoms with E-state index < -0.39 is 11.7 Å². The molecule has 0 amide bonds. The van der Waals surface area contributed by atoms with Crippen LogP contribution in [0.2, 0.25) is 0 Å². The van der Waals surface area contributed by atoms with Crippen molar-refractivity contribution in [1.82, 2.24) is 0 Å². The molecular formula is C18H18F3N5. The highest BCUT2D eigenvalue weighted by Gasteiger charge is 2.33. The average molecular weight is 361 g/mol. The Hall–Kier alpha value is -3.42. The lowest BCUT2D eigenvalue weighted by Crippen LogP contribution is -2.17. The lowest BCUT2D eigenvalue weighted by Gasteiger charge is -2.13. The van der Waals surface area contributed by atoms with E-state index in [0.717, 1.165) is 12.3 Å². The van der Waals surface area contributed by atoms with Crippen LogP contribution in [0.15, 0.2) is 71.6 Å². The van der Waals surface area contributed by atoms with E-state index in [0.29, 0.717) is 11.3 Å². The monoisotopic (exact) mass is 361 g/mol. The zero-order valence-electron chi connectivity index (χ0n) is 13.7. The summed E-state index contributed by atoms with van der Waals surface area (Å²) in [6.45, 7) is 0. The van der Waals surface area contributed by atoms with Crippen LogP contribution in [0.3, 0.4) is 0 Å². The Morgan fingerprint density at radius 3 is 2.08 bits per heavy atom. The topological polar surface area (TPSA) is 116 Å². The van der Waals surface area contributed by atoms with E-state index in [1.807, 2.05) is 0 Å². The number of nitrogens with two attached hydrogens (primary N) is 4. The molecule has 0 radical (unpaired) electrons. The number of hydrogen-bond donors (Lipinski definition) is 4. The van der Waals surface area contributed by atoms with Crippen LogP contribution in [-0.4, -0.2) is 5.84 Å². The summed E-state index contributed by atoms with van der Waals surface area (Å²) in [5, 5.41) is 0. The second kappa shape index (κ2) is 7.64. The molecule has 0 bridgehead atoms. The quantitative estimate of drug-likeness (QED) is 0.290. The Morgan fingerprint density at radius 1 is 0.923 bits per heavy atom. The number of halogens is 3. The van der Waals surface area contributed by atoms with E-state index in [2.05, 4.69) is 4.99 Å². The van der Waals surface area contributed by atoms with Gasteiger partial charge in [0, 0.05) is 23.0 Å². The van der Waals surface area contributed by atoms with E-state index in [9.17, 15) is 13.2 Å². The summed E-state index contributed by atoms with van der Waals surface area (Å²) >= 11 is 0. The highest BCUT2D eigenvalue weighted by Crippen LogP contribution is 2.35. The number of para-hydroxylation sites is 1. The molecule has 8 heteroatoms. The fraction of sp³-hybridized carbons (Fsp3) is 0.0556. The third kappa shape index (κ3) is 4.35. The highest BCUT2D eigenvalue weighted by molar-refractivity contribution is 6.02. The molecule has 136 valence electrons. The third-order valence-corrected chi connectivity index (χ3v) is 3.51. The van der Waals surface area contributed by atoms with Crippen molar-refractivity contribution < 1.29 is 13.2 Å². The normalized spacial score (nSPS) is 13.7. The molecule has 0 aliphatic carbocycles. The van der Waals surface area contributed by atoms with Crippen molar-refractivity contribution in [3.63, 3.8) is 0 Å². The average Bonchev–Trinajstić information content (AvgIpc) is 2.59. The molecule has 0 heterocycles. The number of hydrogen-bond acceptors (Lipinski definition) is 4. The van der Waals surface area contributed by atoms with Crippen molar-refractivity contribution in [1.29, 1.82) is 0 Å². The van der Waals surface area contributed by atoms with Gasteiger partial charge in [0.1, 0.15) is 11.7 Å². The molecule has 2 aromatic rings. The Labute approximate surface area is 148 Å². The third-order valence-electron chi connectivity index (χ3n) is 3.51. The largest absolute Gasteiger partial charge is 0.417 e. The maximum Gasteiger partial charge on any atom is 0.417 e. The van der Waals surface area contributed by atoms with Gasteiger partial charge in [0.05, 0.1) is 5.56 Å². The van der Waals surface area contributed by atoms with Gasteiger partial charge in [-0.3, -0.25) is 0 Å². The summed E-state index contributed by atoms with van der Waals surface area (Å²) in [7, 11) is 0. The molecule has 0 atom stereocenters. The summed E-state index contributed by atoms with van der Waals surface area (Å²) in [6.07, 6.45) is -2.29. The molecule has 2 rings (SSSR count). The zero-order valence-corrected chi connectivity index (χ0v) is 13.7. The molecule has 5 nitrogen and oxygen atoms in total. The van der Waals surface area contributed by atoms with Gasteiger partial charge in [-0.25, -0.2) is 4.99 Å². The molecule has 8 N–H and O–H groups in total. The first-order valence-electron chi connectivity index (χ1n) is 7.48. The molecule has 0 aromatic heterocycles. The molecule has 0 fully saturated rings. The maximum atomic E-state index is 13.2. The van der Waals surface area contributed by atoms with Crippen molar-refractivity contribution in [3.05, 3.63) is 83.3 Å². The molecule has 0 spiro atoms. The van der Waals surface area contributed by atoms with Crippen LogP contribution in [0.4, 0.5) is 18.9 Å². The summed E-state index contributed by atoms with van der Waals surface area (Å²) in [5.41, 5.74) is 23.0. The molecule has 0 saturated heterocycles. The Bertz CT molecular complexity index is 882. The minimum atomic E-state index is -4.53. The molecule has 2 aromatic carbocycles. The number of nitrogen functional groups attached to an aromatic ring is 1. The SMILES string of the molecule is N\C=C(/C=C(N)/N=C(\N)c1ccccc1N)c1ccccc1C(F)(F)F. The van der Waals surface area contributed by atoms with Gasteiger partial charge in [0.25, 0.3) is 0 Å². The van der Waals surface area contributed by atoms with E-state index in [1.165, 1.54) is 24.3 Å². The van der Waals surface area contributed by atoms with Crippen LogP contribution in [0.25, 0.3) is 5.57 Å². The number of anilines is 1. The number of aliphatic imine (C=N–C) groups is 1. The number of rotatable bonds is 4. The lowest BCUT2D eigenvalue weighted by molar-refractivity contribution is -0.137. The first-order valence-corrected chi connectivity index (χ1v) is 7.48. The minimum Gasteiger partial charge on any atom is -0.404 e. The summed E-state index contributed by atoms with van der Waals surface area (Å²) in [4.78, 5) is 3.99. The van der Waals surface area contributed by atoms with Crippen LogP contribution in [0.1, 0.15) is 16.7 Å². The van der Waals surface area contributed by atoms with Crippen molar-refractivity contribution >= 4 is 17.1 Å². The number of alkyl halides is 3. The van der Waals surface area contributed by atoms with Crippen LogP contribution in [0, 0.1) is 0 Å². The maximum absolute atomic E-state index is 13.2. The number of amidine groups is 1. The summed E-state index contributed by atoms with van der Waals surface area (Å²) < 4.78 is 39.5. The van der Waals surface area contributed by atoms with E-state index in [1.54, 1.807) is 24.3 Å². The second-order valence-electron chi connectivity index (χ2n) is 5.32. The number of benzene rings is 2. The van der Waals surface area contributed by atoms with Gasteiger partial charge in [-0.1, -0.05) is 30.3 Å². The first kappa shape index (κ1) is 18.9. The van der Waals surface area contributed by atoms with Crippen LogP contribution < -0.4 is 22.9 Å². The molecular weight excluding hydrogens is 343 g/mol. The molecule has 0 saturated carbocycles. The Kier molecular flexibility index (Phi) is 5.56. The van der Waals surface area contributed by atoms with Crippen molar-refractivity contribution in [2.24, 2.45) is 22.2 Å². The lowest BCUT2D eigenvalue weighted by atomic mass is 9.99. The van der Waals surface area contributed by atoms with E-state index >= 15 is 0 Å². The number of allylic oxidation sites excluding steroid dienone is 2. The van der Waals surface area contributed by atoms with Gasteiger partial charge in [-0.15, -0.1) is 0 Å². The van der Waals surface area contributed by atoms with Crippen molar-refractivity contribution in [3.8, 4) is 0 Å². The van der Waals surface area contributed by atoms with Gasteiger partial charge in [0.15, 0.2) is 0 Å². The van der Waals surface area contributed by atoms with Crippen molar-refractivity contribution in [2.75, 3.05) is 5.73 Å². The summed E-state index contributed by atoms with van der Waals surface area (Å²) in [5.74, 6) is -0.0724. The van der Waals surface area contributed by atoms with Crippen LogP contribution >= 0.6 is 0 Å². The second-order valence-corrected chi connectivity index (χ2v) is 5.32. The van der Waals surface area contributed by atoms with Gasteiger partial charge in [-0.05, 0) is 29.8 Å². The Morgan fingerprint density at radius 2 is 1.50 bits per heavy atom. The van der Waals surface area contributed by atoms with Crippen LogP contribution in [0.5, 0.6) is 0 Å². The van der Waals surface area contributed by atoms with Gasteiger partial charge < -0.3 is 22.9 Å². The van der Waals surface area contributed by atoms with Gasteiger partial charge in [0.2, 0.25) is 0 Å². The molecule has 0 aliphatic rings. The first-order chi connectivity index (χ1) is 12.2. The molecule has 26 heavy (non-hydrogen) atoms. The Balaban J connectivity index is 2.42. The highest BCUT2D eigenvalue weighted by atomic mass is 19.4. The predicted octanol–water partition coefficient (Wildman–Crippen LogP) is 2.79. The van der Waals surface area contributed by atoms with Crippen molar-refractivity contribution in [2.45, 2.75) is 6.18 Å². The predicted molar refractivity (Wildman–Crippen MR) is 97.5 cm³/mol.